The number of thiazole rings is 1. The summed E-state index contributed by atoms with van der Waals surface area (Å²) in [6.07, 6.45) is -0.521. The summed E-state index contributed by atoms with van der Waals surface area (Å²) in [6.45, 7) is 11.1. The molecule has 2 aromatic carbocycles. The third kappa shape index (κ3) is 16.9. The highest BCUT2D eigenvalue weighted by atomic mass is 32.1. The van der Waals surface area contributed by atoms with Crippen LogP contribution in [0.4, 0.5) is 20.4 Å². The van der Waals surface area contributed by atoms with Crippen molar-refractivity contribution in [2.24, 2.45) is 4.99 Å². The van der Waals surface area contributed by atoms with Crippen LogP contribution in [0.15, 0.2) is 65.0 Å². The maximum atomic E-state index is 13.0. The number of aliphatic imine (C=N–C) groups is 1. The zero-order valence-corrected chi connectivity index (χ0v) is 31.4. The van der Waals surface area contributed by atoms with Crippen LogP contribution in [0.1, 0.15) is 70.4 Å². The first-order valence-corrected chi connectivity index (χ1v) is 17.6. The van der Waals surface area contributed by atoms with E-state index in [1.807, 2.05) is 30.3 Å². The molecule has 0 saturated carbocycles. The Morgan fingerprint density at radius 3 is 2.21 bits per heavy atom. The van der Waals surface area contributed by atoms with E-state index in [2.05, 4.69) is 36.6 Å². The first-order chi connectivity index (χ1) is 25.0. The summed E-state index contributed by atoms with van der Waals surface area (Å²) in [4.78, 5) is 70.2. The summed E-state index contributed by atoms with van der Waals surface area (Å²) in [5.74, 6) is -2.11. The number of nitrogens with zero attached hydrogens (tertiary/aromatic N) is 2. The molecule has 3 rings (SSSR count). The number of aliphatic carboxylic acids is 1. The molecular formula is C36H47N7O9S. The third-order valence-electron chi connectivity index (χ3n) is 6.42. The number of amides is 5. The first kappa shape index (κ1) is 41.7. The Morgan fingerprint density at radius 1 is 0.887 bits per heavy atom. The van der Waals surface area contributed by atoms with Gasteiger partial charge in [-0.2, -0.15) is 0 Å². The van der Waals surface area contributed by atoms with Gasteiger partial charge in [0.25, 0.3) is 5.91 Å². The Morgan fingerprint density at radius 2 is 1.57 bits per heavy atom. The minimum Gasteiger partial charge on any atom is -0.494 e. The maximum Gasteiger partial charge on any atom is 0.407 e. The highest BCUT2D eigenvalue weighted by Crippen LogP contribution is 2.21. The molecule has 1 heterocycles. The molecule has 1 atom stereocenters. The molecule has 6 N–H and O–H groups in total. The molecule has 0 radical (unpaired) electrons. The van der Waals surface area contributed by atoms with Gasteiger partial charge in [-0.05, 0) is 77.8 Å². The zero-order chi connectivity index (χ0) is 39.0. The highest BCUT2D eigenvalue weighted by molar-refractivity contribution is 7.14. The predicted octanol–water partition coefficient (Wildman–Crippen LogP) is 4.99. The first-order valence-electron chi connectivity index (χ1n) is 16.8. The molecule has 0 bridgehead atoms. The lowest BCUT2D eigenvalue weighted by atomic mass is 10.1. The fourth-order valence-corrected chi connectivity index (χ4v) is 4.91. The second-order valence-electron chi connectivity index (χ2n) is 13.5. The van der Waals surface area contributed by atoms with Crippen LogP contribution < -0.4 is 31.3 Å². The minimum atomic E-state index is -1.22. The Balaban J connectivity index is 1.56. The number of hydrogen-bond acceptors (Lipinski definition) is 11. The van der Waals surface area contributed by atoms with Crippen molar-refractivity contribution < 1.29 is 43.3 Å². The Labute approximate surface area is 312 Å². The maximum absolute atomic E-state index is 13.0. The van der Waals surface area contributed by atoms with Gasteiger partial charge in [0.2, 0.25) is 11.8 Å². The van der Waals surface area contributed by atoms with E-state index in [9.17, 15) is 29.1 Å². The van der Waals surface area contributed by atoms with Crippen molar-refractivity contribution in [1.29, 1.82) is 0 Å². The fraction of sp³-hybridized carbons (Fsp3) is 0.417. The summed E-state index contributed by atoms with van der Waals surface area (Å²) in [5, 5.41) is 24.2. The van der Waals surface area contributed by atoms with Crippen molar-refractivity contribution in [3.05, 3.63) is 71.2 Å². The molecular weight excluding hydrogens is 707 g/mol. The molecule has 286 valence electrons. The van der Waals surface area contributed by atoms with Crippen molar-refractivity contribution in [2.45, 2.75) is 78.2 Å². The van der Waals surface area contributed by atoms with E-state index in [-0.39, 0.29) is 16.7 Å². The van der Waals surface area contributed by atoms with E-state index in [0.29, 0.717) is 37.6 Å². The van der Waals surface area contributed by atoms with Crippen LogP contribution in [0.25, 0.3) is 0 Å². The number of anilines is 1. The van der Waals surface area contributed by atoms with Crippen molar-refractivity contribution >= 4 is 58.0 Å². The standard InChI is InChI=1S/C36H47N7O9S/c1-35(2,3)51-31(40-24-13-15-25(16-14-24)50-18-10-17-37-34(49)52-36(4,5)6)26(19-29(45)46)41-28(44)21-38-30(47)27-22-53-33(42-27)43-32(48)39-20-23-11-8-7-9-12-23/h7-9,11-16,22,26H,10,17-21H2,1-6H3,(H,37,49)(H,38,47)(H,41,44)(H,45,46)(H2,39,42,43,48)/t26-/m0/s1. The van der Waals surface area contributed by atoms with Gasteiger partial charge >= 0.3 is 18.1 Å². The van der Waals surface area contributed by atoms with Crippen LogP contribution in [-0.4, -0.2) is 82.8 Å². The van der Waals surface area contributed by atoms with E-state index in [1.165, 1.54) is 5.38 Å². The molecule has 3 aromatic rings. The van der Waals surface area contributed by atoms with Crippen molar-refractivity contribution in [1.82, 2.24) is 26.3 Å². The van der Waals surface area contributed by atoms with Crippen LogP contribution in [0, 0.1) is 0 Å². The molecule has 1 aromatic heterocycles. The van der Waals surface area contributed by atoms with E-state index < -0.39 is 60.1 Å². The summed E-state index contributed by atoms with van der Waals surface area (Å²) >= 11 is 1.03. The lowest BCUT2D eigenvalue weighted by molar-refractivity contribution is -0.137. The van der Waals surface area contributed by atoms with Gasteiger partial charge in [-0.3, -0.25) is 19.7 Å². The monoisotopic (exact) mass is 753 g/mol. The molecule has 5 amide bonds. The summed E-state index contributed by atoms with van der Waals surface area (Å²) < 4.78 is 16.9. The van der Waals surface area contributed by atoms with Gasteiger partial charge in [-0.25, -0.2) is 19.6 Å². The number of rotatable bonds is 16. The topological polar surface area (TPSA) is 219 Å². The second kappa shape index (κ2) is 19.8. The predicted molar refractivity (Wildman–Crippen MR) is 200 cm³/mol. The summed E-state index contributed by atoms with van der Waals surface area (Å²) in [5.41, 5.74) is -0.0969. The smallest absolute Gasteiger partial charge is 0.407 e. The van der Waals surface area contributed by atoms with Gasteiger partial charge in [-0.15, -0.1) is 11.3 Å². The Kier molecular flexibility index (Phi) is 15.6. The number of aromatic nitrogens is 1. The Hall–Kier alpha value is -5.71. The SMILES string of the molecule is CC(C)(C)OC(=O)NCCCOc1ccc(N=C(OC(C)(C)C)[C@H](CC(=O)O)NC(=O)CNC(=O)c2csc(NC(=O)NCc3ccccc3)n2)cc1. The number of benzene rings is 2. The van der Waals surface area contributed by atoms with E-state index in [0.717, 1.165) is 16.9 Å². The van der Waals surface area contributed by atoms with Crippen LogP contribution in [-0.2, 0) is 25.6 Å². The van der Waals surface area contributed by atoms with Gasteiger partial charge in [0.1, 0.15) is 28.7 Å². The molecule has 0 aliphatic carbocycles. The average molecular weight is 754 g/mol. The number of hydrogen-bond donors (Lipinski definition) is 6. The van der Waals surface area contributed by atoms with Gasteiger partial charge < -0.3 is 40.6 Å². The average Bonchev–Trinajstić information content (AvgIpc) is 3.53. The van der Waals surface area contributed by atoms with Gasteiger partial charge in [0.15, 0.2) is 5.13 Å². The molecule has 16 nitrogen and oxygen atoms in total. The van der Waals surface area contributed by atoms with Crippen molar-refractivity contribution in [3.8, 4) is 5.75 Å². The number of urea groups is 1. The third-order valence-corrected chi connectivity index (χ3v) is 7.18. The molecule has 0 spiro atoms. The molecule has 0 unspecified atom stereocenters. The number of alkyl carbamates (subject to hydrolysis) is 1. The number of carbonyl (C=O) groups is 5. The number of nitrogens with one attached hydrogen (secondary N) is 5. The van der Waals surface area contributed by atoms with E-state index in [4.69, 9.17) is 14.2 Å². The molecule has 0 fully saturated rings. The normalized spacial score (nSPS) is 12.2. The largest absolute Gasteiger partial charge is 0.494 e. The van der Waals surface area contributed by atoms with Crippen LogP contribution >= 0.6 is 11.3 Å². The molecule has 0 aliphatic heterocycles. The summed E-state index contributed by atoms with van der Waals surface area (Å²) in [6, 6.07) is 14.3. The van der Waals surface area contributed by atoms with E-state index in [1.54, 1.807) is 65.8 Å². The molecule has 53 heavy (non-hydrogen) atoms. The molecule has 0 saturated heterocycles. The molecule has 0 aliphatic rings. The number of carbonyl (C=O) groups excluding carboxylic acids is 4. The van der Waals surface area contributed by atoms with Gasteiger partial charge in [0, 0.05) is 18.5 Å². The quantitative estimate of drug-likeness (QED) is 0.0654. The summed E-state index contributed by atoms with van der Waals surface area (Å²) in [7, 11) is 0. The Bertz CT molecular complexity index is 1720. The van der Waals surface area contributed by atoms with Gasteiger partial charge in [0.05, 0.1) is 25.3 Å². The highest BCUT2D eigenvalue weighted by Gasteiger charge is 2.28. The van der Waals surface area contributed by atoms with Crippen LogP contribution in [0.5, 0.6) is 5.75 Å². The zero-order valence-electron chi connectivity index (χ0n) is 30.6. The lowest BCUT2D eigenvalue weighted by Crippen LogP contribution is -2.48. The van der Waals surface area contributed by atoms with Crippen molar-refractivity contribution in [2.75, 3.05) is 25.0 Å². The van der Waals surface area contributed by atoms with Crippen LogP contribution in [0.2, 0.25) is 0 Å². The second-order valence-corrected chi connectivity index (χ2v) is 14.4. The number of carboxylic acids is 1. The fourth-order valence-electron chi connectivity index (χ4n) is 4.22. The number of ether oxygens (including phenoxy) is 3. The number of carboxylic acid groups (broad SMARTS) is 1. The molecule has 17 heteroatoms. The lowest BCUT2D eigenvalue weighted by Gasteiger charge is -2.27. The van der Waals surface area contributed by atoms with Crippen molar-refractivity contribution in [3.63, 3.8) is 0 Å². The van der Waals surface area contributed by atoms with Crippen LogP contribution in [0.3, 0.4) is 0 Å². The minimum absolute atomic E-state index is 0.0218. The van der Waals surface area contributed by atoms with E-state index >= 15 is 0 Å². The van der Waals surface area contributed by atoms with Gasteiger partial charge in [-0.1, -0.05) is 30.3 Å².